The number of aromatic nitrogens is 4. The molecule has 2 heterocycles. The zero-order chi connectivity index (χ0) is 16.4. The lowest BCUT2D eigenvalue weighted by Crippen LogP contribution is -2.24. The Labute approximate surface area is 134 Å². The molecule has 23 heavy (non-hydrogen) atoms. The molecule has 0 aliphatic carbocycles. The Balaban J connectivity index is 1.90. The first kappa shape index (κ1) is 15.4. The van der Waals surface area contributed by atoms with E-state index in [0.717, 1.165) is 5.56 Å². The van der Waals surface area contributed by atoms with Gasteiger partial charge in [-0.05, 0) is 26.3 Å². The van der Waals surface area contributed by atoms with Crippen molar-refractivity contribution in [2.24, 2.45) is 0 Å². The van der Waals surface area contributed by atoms with Gasteiger partial charge in [-0.2, -0.15) is 5.10 Å². The summed E-state index contributed by atoms with van der Waals surface area (Å²) in [5, 5.41) is 5.06. The van der Waals surface area contributed by atoms with Crippen molar-refractivity contribution in [2.75, 3.05) is 0 Å². The second-order valence-electron chi connectivity index (χ2n) is 6.44. The predicted octanol–water partition coefficient (Wildman–Crippen LogP) is 2.59. The first-order valence-electron chi connectivity index (χ1n) is 7.54. The molecule has 0 amide bonds. The summed E-state index contributed by atoms with van der Waals surface area (Å²) < 4.78 is 7.52. The Morgan fingerprint density at radius 2 is 1.91 bits per heavy atom. The average molecular weight is 312 g/mol. The van der Waals surface area contributed by atoms with Gasteiger partial charge in [0.05, 0.1) is 25.1 Å². The number of hydrogen-bond donors (Lipinski definition) is 1. The first-order valence-corrected chi connectivity index (χ1v) is 7.54. The average Bonchev–Trinajstić information content (AvgIpc) is 2.89. The van der Waals surface area contributed by atoms with Crippen LogP contribution in [0.1, 0.15) is 32.0 Å². The molecule has 1 aromatic carbocycles. The highest BCUT2D eigenvalue weighted by Crippen LogP contribution is 2.21. The molecule has 3 rings (SSSR count). The summed E-state index contributed by atoms with van der Waals surface area (Å²) in [6, 6.07) is 9.90. The molecule has 0 fully saturated rings. The van der Waals surface area contributed by atoms with Crippen LogP contribution in [0.3, 0.4) is 0 Å². The minimum Gasteiger partial charge on any atom is -0.370 e. The number of aromatic amines is 1. The van der Waals surface area contributed by atoms with Crippen molar-refractivity contribution in [1.82, 2.24) is 19.7 Å². The summed E-state index contributed by atoms with van der Waals surface area (Å²) in [5.74, 6) is 0. The van der Waals surface area contributed by atoms with E-state index in [0.29, 0.717) is 23.3 Å². The SMILES string of the molecule is CC(C)(C)n1nc(COCc2ccccc2)c2c(=O)[nH]cnc21. The van der Waals surface area contributed by atoms with Crippen molar-refractivity contribution < 1.29 is 4.74 Å². The van der Waals surface area contributed by atoms with Crippen LogP contribution in [0.5, 0.6) is 0 Å². The number of fused-ring (bicyclic) bond motifs is 1. The largest absolute Gasteiger partial charge is 0.370 e. The monoisotopic (exact) mass is 312 g/mol. The lowest BCUT2D eigenvalue weighted by atomic mass is 10.1. The van der Waals surface area contributed by atoms with E-state index in [4.69, 9.17) is 4.74 Å². The standard InChI is InChI=1S/C17H20N4O2/c1-17(2,3)21-15-14(16(22)19-11-18-15)13(20-21)10-23-9-12-7-5-4-6-8-12/h4-8,11H,9-10H2,1-3H3,(H,18,19,22). The lowest BCUT2D eigenvalue weighted by molar-refractivity contribution is 0.104. The molecule has 0 radical (unpaired) electrons. The highest BCUT2D eigenvalue weighted by molar-refractivity contribution is 5.77. The van der Waals surface area contributed by atoms with Gasteiger partial charge >= 0.3 is 0 Å². The van der Waals surface area contributed by atoms with E-state index in [1.165, 1.54) is 6.33 Å². The van der Waals surface area contributed by atoms with Crippen LogP contribution < -0.4 is 5.56 Å². The predicted molar refractivity (Wildman–Crippen MR) is 88.1 cm³/mol. The van der Waals surface area contributed by atoms with E-state index in [-0.39, 0.29) is 17.7 Å². The Morgan fingerprint density at radius 1 is 1.17 bits per heavy atom. The lowest BCUT2D eigenvalue weighted by Gasteiger charge is -2.19. The van der Waals surface area contributed by atoms with Gasteiger partial charge in [-0.1, -0.05) is 30.3 Å². The van der Waals surface area contributed by atoms with Crippen molar-refractivity contribution in [3.05, 3.63) is 58.3 Å². The fraction of sp³-hybridized carbons (Fsp3) is 0.353. The summed E-state index contributed by atoms with van der Waals surface area (Å²) in [4.78, 5) is 19.1. The molecule has 3 aromatic rings. The zero-order valence-corrected chi connectivity index (χ0v) is 13.5. The van der Waals surface area contributed by atoms with Crippen LogP contribution in [-0.2, 0) is 23.5 Å². The van der Waals surface area contributed by atoms with Gasteiger partial charge in [0, 0.05) is 0 Å². The molecule has 0 aliphatic rings. The second-order valence-corrected chi connectivity index (χ2v) is 6.44. The van der Waals surface area contributed by atoms with E-state index in [1.54, 1.807) is 4.68 Å². The fourth-order valence-electron chi connectivity index (χ4n) is 2.44. The zero-order valence-electron chi connectivity index (χ0n) is 13.5. The van der Waals surface area contributed by atoms with Gasteiger partial charge in [-0.25, -0.2) is 9.67 Å². The van der Waals surface area contributed by atoms with Crippen molar-refractivity contribution in [3.63, 3.8) is 0 Å². The number of rotatable bonds is 4. The van der Waals surface area contributed by atoms with Gasteiger partial charge in [0.1, 0.15) is 11.1 Å². The number of nitrogens with one attached hydrogen (secondary N) is 1. The van der Waals surface area contributed by atoms with Gasteiger partial charge < -0.3 is 9.72 Å². The van der Waals surface area contributed by atoms with Gasteiger partial charge in [0.2, 0.25) is 0 Å². The van der Waals surface area contributed by atoms with Crippen LogP contribution in [0.2, 0.25) is 0 Å². The Kier molecular flexibility index (Phi) is 4.00. The quantitative estimate of drug-likeness (QED) is 0.803. The highest BCUT2D eigenvalue weighted by atomic mass is 16.5. The molecule has 120 valence electrons. The van der Waals surface area contributed by atoms with Crippen molar-refractivity contribution in [1.29, 1.82) is 0 Å². The molecule has 0 atom stereocenters. The van der Waals surface area contributed by atoms with E-state index in [1.807, 2.05) is 51.1 Å². The summed E-state index contributed by atoms with van der Waals surface area (Å²) >= 11 is 0. The molecule has 0 unspecified atom stereocenters. The molecule has 1 N–H and O–H groups in total. The number of nitrogens with zero attached hydrogens (tertiary/aromatic N) is 3. The molecule has 0 bridgehead atoms. The van der Waals surface area contributed by atoms with Gasteiger partial charge in [0.25, 0.3) is 5.56 Å². The number of H-pyrrole nitrogens is 1. The van der Waals surface area contributed by atoms with E-state index >= 15 is 0 Å². The molecule has 6 nitrogen and oxygen atoms in total. The number of hydrogen-bond acceptors (Lipinski definition) is 4. The summed E-state index contributed by atoms with van der Waals surface area (Å²) in [5.41, 5.74) is 1.82. The topological polar surface area (TPSA) is 72.8 Å². The maximum absolute atomic E-state index is 12.2. The minimum atomic E-state index is -0.267. The number of ether oxygens (including phenoxy) is 1. The maximum Gasteiger partial charge on any atom is 0.262 e. The van der Waals surface area contributed by atoms with Gasteiger partial charge in [-0.3, -0.25) is 4.79 Å². The molecule has 0 saturated heterocycles. The Bertz CT molecular complexity index is 860. The minimum absolute atomic E-state index is 0.191. The molecule has 6 heteroatoms. The molecule has 0 saturated carbocycles. The Morgan fingerprint density at radius 3 is 2.61 bits per heavy atom. The highest BCUT2D eigenvalue weighted by Gasteiger charge is 2.22. The summed E-state index contributed by atoms with van der Waals surface area (Å²) in [7, 11) is 0. The Hall–Kier alpha value is -2.47. The molecule has 0 aliphatic heterocycles. The van der Waals surface area contributed by atoms with E-state index in [2.05, 4.69) is 15.1 Å². The first-order chi connectivity index (χ1) is 11.0. The normalized spacial score (nSPS) is 12.0. The van der Waals surface area contributed by atoms with Crippen LogP contribution in [0.25, 0.3) is 11.0 Å². The van der Waals surface area contributed by atoms with Crippen molar-refractivity contribution in [3.8, 4) is 0 Å². The number of benzene rings is 1. The molecule has 2 aromatic heterocycles. The van der Waals surface area contributed by atoms with Crippen LogP contribution in [0.15, 0.2) is 41.5 Å². The third-order valence-electron chi connectivity index (χ3n) is 3.53. The molecular formula is C17H20N4O2. The van der Waals surface area contributed by atoms with Crippen LogP contribution >= 0.6 is 0 Å². The molecular weight excluding hydrogens is 292 g/mol. The second kappa shape index (κ2) is 5.96. The third-order valence-corrected chi connectivity index (χ3v) is 3.53. The molecule has 0 spiro atoms. The van der Waals surface area contributed by atoms with Crippen LogP contribution in [-0.4, -0.2) is 19.7 Å². The van der Waals surface area contributed by atoms with E-state index in [9.17, 15) is 4.79 Å². The third kappa shape index (κ3) is 3.17. The summed E-state index contributed by atoms with van der Waals surface area (Å²) in [6.45, 7) is 6.82. The van der Waals surface area contributed by atoms with E-state index < -0.39 is 0 Å². The van der Waals surface area contributed by atoms with Crippen LogP contribution in [0, 0.1) is 0 Å². The maximum atomic E-state index is 12.2. The fourth-order valence-corrected chi connectivity index (χ4v) is 2.44. The van der Waals surface area contributed by atoms with Crippen molar-refractivity contribution >= 4 is 11.0 Å². The van der Waals surface area contributed by atoms with Gasteiger partial charge in [-0.15, -0.1) is 0 Å². The van der Waals surface area contributed by atoms with Crippen molar-refractivity contribution in [2.45, 2.75) is 39.5 Å². The van der Waals surface area contributed by atoms with Gasteiger partial charge in [0.15, 0.2) is 5.65 Å². The summed E-state index contributed by atoms with van der Waals surface area (Å²) in [6.07, 6.45) is 1.41. The van der Waals surface area contributed by atoms with Crippen LogP contribution in [0.4, 0.5) is 0 Å². The smallest absolute Gasteiger partial charge is 0.262 e.